The Bertz CT molecular complexity index is 159. The number of likely N-dealkylation sites (N-methyl/N-ethyl adjacent to an activating group) is 1. The average molecular weight is 201 g/mol. The van der Waals surface area contributed by atoms with Crippen LogP contribution in [0.5, 0.6) is 0 Å². The molecule has 0 fully saturated rings. The van der Waals surface area contributed by atoms with Gasteiger partial charge in [0.15, 0.2) is 0 Å². The van der Waals surface area contributed by atoms with E-state index in [0.717, 1.165) is 26.3 Å². The highest BCUT2D eigenvalue weighted by molar-refractivity contribution is 5.76. The third-order valence-corrected chi connectivity index (χ3v) is 2.34. The van der Waals surface area contributed by atoms with Gasteiger partial charge >= 0.3 is 0 Å². The van der Waals surface area contributed by atoms with Crippen molar-refractivity contribution in [2.45, 2.75) is 40.2 Å². The number of hydrogen-bond acceptors (Lipinski definition) is 3. The Hall–Kier alpha value is -0.410. The van der Waals surface area contributed by atoms with Crippen LogP contribution in [0.2, 0.25) is 0 Å². The monoisotopic (exact) mass is 201 g/mol. The lowest BCUT2D eigenvalue weighted by atomic mass is 10.1. The van der Waals surface area contributed by atoms with E-state index in [2.05, 4.69) is 18.7 Å². The molecule has 84 valence electrons. The van der Waals surface area contributed by atoms with Gasteiger partial charge in [0.05, 0.1) is 6.61 Å². The highest BCUT2D eigenvalue weighted by Gasteiger charge is 2.12. The van der Waals surface area contributed by atoms with Crippen LogP contribution in [0.1, 0.15) is 34.1 Å². The van der Waals surface area contributed by atoms with Crippen LogP contribution < -0.4 is 0 Å². The second kappa shape index (κ2) is 7.94. The van der Waals surface area contributed by atoms with E-state index in [1.54, 1.807) is 6.92 Å². The third-order valence-electron chi connectivity index (χ3n) is 2.34. The molecular weight excluding hydrogens is 178 g/mol. The van der Waals surface area contributed by atoms with Crippen LogP contribution in [0.4, 0.5) is 0 Å². The van der Waals surface area contributed by atoms with Crippen LogP contribution in [0.3, 0.4) is 0 Å². The summed E-state index contributed by atoms with van der Waals surface area (Å²) in [7, 11) is 0. The van der Waals surface area contributed by atoms with Gasteiger partial charge in [-0.3, -0.25) is 9.69 Å². The normalized spacial score (nSPS) is 13.2. The molecule has 0 amide bonds. The molecular formula is C11H23NO2. The minimum atomic E-state index is 0.257. The van der Waals surface area contributed by atoms with Gasteiger partial charge in [0.2, 0.25) is 0 Å². The second-order valence-electron chi connectivity index (χ2n) is 3.58. The third kappa shape index (κ3) is 6.11. The topological polar surface area (TPSA) is 29.5 Å². The minimum Gasteiger partial charge on any atom is -0.380 e. The number of ether oxygens (including phenoxy) is 1. The van der Waals surface area contributed by atoms with E-state index in [-0.39, 0.29) is 5.78 Å². The summed E-state index contributed by atoms with van der Waals surface area (Å²) in [5.41, 5.74) is 0. The number of hydrogen-bond donors (Lipinski definition) is 0. The fraction of sp³-hybridized carbons (Fsp3) is 0.909. The molecule has 0 rings (SSSR count). The van der Waals surface area contributed by atoms with Crippen LogP contribution in [-0.4, -0.2) is 43.0 Å². The fourth-order valence-electron chi connectivity index (χ4n) is 1.56. The van der Waals surface area contributed by atoms with E-state index >= 15 is 0 Å². The summed E-state index contributed by atoms with van der Waals surface area (Å²) in [5, 5.41) is 0. The van der Waals surface area contributed by atoms with Crippen LogP contribution in [0.25, 0.3) is 0 Å². The molecule has 14 heavy (non-hydrogen) atoms. The van der Waals surface area contributed by atoms with E-state index in [0.29, 0.717) is 12.5 Å². The molecule has 0 saturated heterocycles. The SMILES string of the molecule is CCOCCN(CC)C(C)CC(C)=O. The molecule has 0 aromatic heterocycles. The molecule has 1 atom stereocenters. The van der Waals surface area contributed by atoms with Gasteiger partial charge in [-0.2, -0.15) is 0 Å². The molecule has 0 N–H and O–H groups in total. The Kier molecular flexibility index (Phi) is 7.71. The molecule has 0 heterocycles. The van der Waals surface area contributed by atoms with Crippen molar-refractivity contribution in [2.24, 2.45) is 0 Å². The minimum absolute atomic E-state index is 0.257. The molecule has 3 heteroatoms. The molecule has 0 aliphatic heterocycles. The number of carbonyl (C=O) groups is 1. The first-order chi connectivity index (χ1) is 6.61. The molecule has 3 nitrogen and oxygen atoms in total. The molecule has 0 radical (unpaired) electrons. The number of nitrogens with zero attached hydrogens (tertiary/aromatic N) is 1. The van der Waals surface area contributed by atoms with Crippen molar-refractivity contribution in [1.29, 1.82) is 0 Å². The summed E-state index contributed by atoms with van der Waals surface area (Å²) >= 11 is 0. The molecule has 0 aromatic carbocycles. The maximum atomic E-state index is 10.9. The highest BCUT2D eigenvalue weighted by Crippen LogP contribution is 2.03. The molecule has 1 unspecified atom stereocenters. The first-order valence-electron chi connectivity index (χ1n) is 5.43. The Morgan fingerprint density at radius 1 is 1.43 bits per heavy atom. The van der Waals surface area contributed by atoms with E-state index in [4.69, 9.17) is 4.74 Å². The van der Waals surface area contributed by atoms with Gasteiger partial charge < -0.3 is 4.74 Å². The number of carbonyl (C=O) groups excluding carboxylic acids is 1. The van der Waals surface area contributed by atoms with Crippen molar-refractivity contribution < 1.29 is 9.53 Å². The summed E-state index contributed by atoms with van der Waals surface area (Å²) < 4.78 is 5.29. The first kappa shape index (κ1) is 13.6. The van der Waals surface area contributed by atoms with Gasteiger partial charge in [-0.1, -0.05) is 6.92 Å². The zero-order chi connectivity index (χ0) is 11.0. The van der Waals surface area contributed by atoms with E-state index < -0.39 is 0 Å². The lowest BCUT2D eigenvalue weighted by Gasteiger charge is -2.26. The maximum Gasteiger partial charge on any atom is 0.131 e. The molecule has 0 spiro atoms. The van der Waals surface area contributed by atoms with Gasteiger partial charge in [-0.15, -0.1) is 0 Å². The quantitative estimate of drug-likeness (QED) is 0.560. The van der Waals surface area contributed by atoms with Crippen LogP contribution >= 0.6 is 0 Å². The fourth-order valence-corrected chi connectivity index (χ4v) is 1.56. The average Bonchev–Trinajstić information content (AvgIpc) is 2.11. The van der Waals surface area contributed by atoms with Crippen LogP contribution in [-0.2, 0) is 9.53 Å². The van der Waals surface area contributed by atoms with E-state index in [1.807, 2.05) is 6.92 Å². The van der Waals surface area contributed by atoms with Crippen molar-refractivity contribution >= 4 is 5.78 Å². The summed E-state index contributed by atoms with van der Waals surface area (Å²) in [6.45, 7) is 11.3. The molecule has 0 aromatic rings. The number of ketones is 1. The molecule has 0 aliphatic carbocycles. The zero-order valence-electron chi connectivity index (χ0n) is 9.88. The molecule has 0 bridgehead atoms. The Morgan fingerprint density at radius 2 is 2.07 bits per heavy atom. The summed E-state index contributed by atoms with van der Waals surface area (Å²) in [6, 6.07) is 0.331. The molecule has 0 aliphatic rings. The number of Topliss-reactive ketones (excluding diaryl/α,β-unsaturated/α-hetero) is 1. The van der Waals surface area contributed by atoms with Gasteiger partial charge in [-0.05, 0) is 27.3 Å². The van der Waals surface area contributed by atoms with Crippen molar-refractivity contribution in [3.05, 3.63) is 0 Å². The predicted octanol–water partition coefficient (Wildman–Crippen LogP) is 1.71. The summed E-state index contributed by atoms with van der Waals surface area (Å²) in [5.74, 6) is 0.257. The van der Waals surface area contributed by atoms with E-state index in [1.165, 1.54) is 0 Å². The van der Waals surface area contributed by atoms with Crippen molar-refractivity contribution in [1.82, 2.24) is 4.90 Å². The van der Waals surface area contributed by atoms with Crippen LogP contribution in [0, 0.1) is 0 Å². The smallest absolute Gasteiger partial charge is 0.131 e. The van der Waals surface area contributed by atoms with Gasteiger partial charge in [0, 0.05) is 25.6 Å². The van der Waals surface area contributed by atoms with Crippen molar-refractivity contribution in [3.63, 3.8) is 0 Å². The Balaban J connectivity index is 3.80. The van der Waals surface area contributed by atoms with Crippen molar-refractivity contribution in [2.75, 3.05) is 26.3 Å². The van der Waals surface area contributed by atoms with Crippen LogP contribution in [0.15, 0.2) is 0 Å². The summed E-state index contributed by atoms with van der Waals surface area (Å²) in [6.07, 6.45) is 0.639. The Labute approximate surface area is 87.4 Å². The molecule has 0 saturated carbocycles. The van der Waals surface area contributed by atoms with Gasteiger partial charge in [0.1, 0.15) is 5.78 Å². The Morgan fingerprint density at radius 3 is 2.50 bits per heavy atom. The first-order valence-corrected chi connectivity index (χ1v) is 5.43. The lowest BCUT2D eigenvalue weighted by Crippen LogP contribution is -2.36. The summed E-state index contributed by atoms with van der Waals surface area (Å²) in [4.78, 5) is 13.2. The lowest BCUT2D eigenvalue weighted by molar-refractivity contribution is -0.118. The zero-order valence-corrected chi connectivity index (χ0v) is 9.88. The predicted molar refractivity (Wildman–Crippen MR) is 58.5 cm³/mol. The maximum absolute atomic E-state index is 10.9. The highest BCUT2D eigenvalue weighted by atomic mass is 16.5. The van der Waals surface area contributed by atoms with Gasteiger partial charge in [0.25, 0.3) is 0 Å². The number of rotatable bonds is 8. The van der Waals surface area contributed by atoms with Gasteiger partial charge in [-0.25, -0.2) is 0 Å². The second-order valence-corrected chi connectivity index (χ2v) is 3.58. The standard InChI is InChI=1S/C11H23NO2/c1-5-12(7-8-14-6-2)10(3)9-11(4)13/h10H,5-9H2,1-4H3. The largest absolute Gasteiger partial charge is 0.380 e. The van der Waals surface area contributed by atoms with Crippen molar-refractivity contribution in [3.8, 4) is 0 Å². The van der Waals surface area contributed by atoms with E-state index in [9.17, 15) is 4.79 Å².